The van der Waals surface area contributed by atoms with Gasteiger partial charge in [0.25, 0.3) is 0 Å². The predicted octanol–water partition coefficient (Wildman–Crippen LogP) is 5.81. The van der Waals surface area contributed by atoms with Crippen molar-refractivity contribution in [3.63, 3.8) is 0 Å². The Balaban J connectivity index is 1.88. The van der Waals surface area contributed by atoms with Gasteiger partial charge in [0.2, 0.25) is 11.8 Å². The van der Waals surface area contributed by atoms with Gasteiger partial charge in [-0.2, -0.15) is 0 Å². The summed E-state index contributed by atoms with van der Waals surface area (Å²) in [5.74, 6) is 2.43. The average molecular weight is 459 g/mol. The molecule has 1 aromatic rings. The second-order valence-corrected chi connectivity index (χ2v) is 8.80. The third-order valence-electron chi connectivity index (χ3n) is 5.61. The Bertz CT molecular complexity index is 771. The highest BCUT2D eigenvalue weighted by molar-refractivity contribution is 5.96. The molecule has 6 heteroatoms. The number of benzene rings is 1. The van der Waals surface area contributed by atoms with Crippen LogP contribution in [-0.2, 0) is 20.7 Å². The number of aryl methyl sites for hydroxylation is 1. The third-order valence-corrected chi connectivity index (χ3v) is 5.61. The van der Waals surface area contributed by atoms with Gasteiger partial charge in [0.05, 0.1) is 19.8 Å². The lowest BCUT2D eigenvalue weighted by Gasteiger charge is -2.28. The van der Waals surface area contributed by atoms with Gasteiger partial charge in [-0.15, -0.1) is 0 Å². The summed E-state index contributed by atoms with van der Waals surface area (Å²) in [5.41, 5.74) is 1.13. The molecule has 0 N–H and O–H groups in total. The molecule has 0 aliphatic carbocycles. The van der Waals surface area contributed by atoms with Crippen LogP contribution in [0.5, 0.6) is 5.75 Å². The minimum absolute atomic E-state index is 0.145. The van der Waals surface area contributed by atoms with Gasteiger partial charge in [-0.25, -0.2) is 9.98 Å². The molecule has 2 atom stereocenters. The molecule has 1 heterocycles. The third kappa shape index (κ3) is 9.18. The van der Waals surface area contributed by atoms with Crippen LogP contribution >= 0.6 is 0 Å². The number of unbranched alkanes of at least 4 members (excludes halogenated alkanes) is 3. The van der Waals surface area contributed by atoms with Crippen LogP contribution in [0.15, 0.2) is 34.3 Å². The van der Waals surface area contributed by atoms with Gasteiger partial charge in [-0.3, -0.25) is 4.79 Å². The van der Waals surface area contributed by atoms with Crippen molar-refractivity contribution in [3.8, 4) is 5.75 Å². The lowest BCUT2D eigenvalue weighted by Crippen LogP contribution is -2.39. The first kappa shape index (κ1) is 26.9. The van der Waals surface area contributed by atoms with Gasteiger partial charge < -0.3 is 14.2 Å². The fraction of sp³-hybridized carbons (Fsp3) is 0.667. The average Bonchev–Trinajstić information content (AvgIpc) is 2.80. The van der Waals surface area contributed by atoms with E-state index in [0.717, 1.165) is 24.3 Å². The summed E-state index contributed by atoms with van der Waals surface area (Å²) in [4.78, 5) is 22.2. The summed E-state index contributed by atoms with van der Waals surface area (Å²) in [7, 11) is 0. The van der Waals surface area contributed by atoms with E-state index in [0.29, 0.717) is 37.9 Å². The fourth-order valence-electron chi connectivity index (χ4n) is 3.76. The van der Waals surface area contributed by atoms with E-state index in [1.54, 1.807) is 0 Å². The van der Waals surface area contributed by atoms with Crippen LogP contribution in [0.2, 0.25) is 0 Å². The van der Waals surface area contributed by atoms with Crippen LogP contribution in [0.3, 0.4) is 0 Å². The Kier molecular flexibility index (Phi) is 12.0. The van der Waals surface area contributed by atoms with E-state index in [1.165, 1.54) is 19.3 Å². The first-order valence-corrected chi connectivity index (χ1v) is 12.6. The second kappa shape index (κ2) is 14.7. The lowest BCUT2D eigenvalue weighted by atomic mass is 9.99. The maximum Gasteiger partial charge on any atom is 0.210 e. The van der Waals surface area contributed by atoms with E-state index in [2.05, 4.69) is 20.8 Å². The molecular weight excluding hydrogens is 416 g/mol. The number of rotatable bonds is 14. The molecule has 33 heavy (non-hydrogen) atoms. The van der Waals surface area contributed by atoms with Crippen molar-refractivity contribution in [3.05, 3.63) is 29.8 Å². The molecule has 0 aromatic heterocycles. The Labute approximate surface area is 199 Å². The van der Waals surface area contributed by atoms with E-state index in [4.69, 9.17) is 24.2 Å². The summed E-state index contributed by atoms with van der Waals surface area (Å²) in [6, 6.07) is 7.50. The Morgan fingerprint density at radius 1 is 0.909 bits per heavy atom. The van der Waals surface area contributed by atoms with E-state index in [1.807, 2.05) is 38.1 Å². The normalized spacial score (nSPS) is 18.0. The largest absolute Gasteiger partial charge is 0.494 e. The number of carbonyl (C=O) groups is 1. The van der Waals surface area contributed by atoms with E-state index in [-0.39, 0.29) is 24.2 Å². The number of ether oxygens (including phenoxy) is 3. The van der Waals surface area contributed by atoms with Crippen LogP contribution < -0.4 is 4.74 Å². The molecule has 1 aliphatic heterocycles. The smallest absolute Gasteiger partial charge is 0.210 e. The van der Waals surface area contributed by atoms with Crippen molar-refractivity contribution < 1.29 is 19.0 Å². The maximum absolute atomic E-state index is 12.8. The standard InChI is InChI=1S/C27H42N2O4/c1-6-9-10-11-18-33-23-16-13-21(14-17-23)12-15-22(30)19-24-26(31-7-2)29-25(20(4)5)27(28-24)32-8-3/h13-14,16-17,20,24-25H,6-12,15,18-19H2,1-5H3. The van der Waals surface area contributed by atoms with Crippen molar-refractivity contribution >= 4 is 17.6 Å². The van der Waals surface area contributed by atoms with Crippen LogP contribution in [0.1, 0.15) is 78.7 Å². The van der Waals surface area contributed by atoms with Crippen LogP contribution in [0, 0.1) is 5.92 Å². The minimum Gasteiger partial charge on any atom is -0.494 e. The Hall–Kier alpha value is -2.37. The van der Waals surface area contributed by atoms with E-state index in [9.17, 15) is 4.79 Å². The molecule has 1 aromatic carbocycles. The van der Waals surface area contributed by atoms with Crippen molar-refractivity contribution in [2.24, 2.45) is 15.9 Å². The van der Waals surface area contributed by atoms with Crippen molar-refractivity contribution in [1.29, 1.82) is 0 Å². The summed E-state index contributed by atoms with van der Waals surface area (Å²) in [6.07, 6.45) is 6.21. The lowest BCUT2D eigenvalue weighted by molar-refractivity contribution is -0.119. The number of nitrogens with zero attached hydrogens (tertiary/aromatic N) is 2. The summed E-state index contributed by atoms with van der Waals surface area (Å²) in [5, 5.41) is 0. The molecule has 0 radical (unpaired) electrons. The topological polar surface area (TPSA) is 69.5 Å². The number of hydrogen-bond acceptors (Lipinski definition) is 6. The SMILES string of the molecule is CCCCCCOc1ccc(CCC(=O)CC2N=C(OCC)C(C(C)C)N=C2OCC)cc1. The molecule has 0 saturated heterocycles. The monoisotopic (exact) mass is 458 g/mol. The van der Waals surface area contributed by atoms with Gasteiger partial charge in [-0.05, 0) is 50.3 Å². The molecule has 6 nitrogen and oxygen atoms in total. The van der Waals surface area contributed by atoms with Gasteiger partial charge in [0, 0.05) is 12.8 Å². The zero-order chi connectivity index (χ0) is 24.1. The highest BCUT2D eigenvalue weighted by atomic mass is 16.5. The molecule has 2 unspecified atom stereocenters. The first-order valence-electron chi connectivity index (χ1n) is 12.6. The van der Waals surface area contributed by atoms with Gasteiger partial charge in [0.15, 0.2) is 0 Å². The highest BCUT2D eigenvalue weighted by Gasteiger charge is 2.32. The zero-order valence-electron chi connectivity index (χ0n) is 21.1. The molecule has 0 saturated carbocycles. The number of aliphatic imine (C=N–C) groups is 2. The molecule has 0 amide bonds. The van der Waals surface area contributed by atoms with Crippen LogP contribution in [-0.4, -0.2) is 49.5 Å². The number of Topliss-reactive ketones (excluding diaryl/α,β-unsaturated/α-hetero) is 1. The molecular formula is C27H42N2O4. The van der Waals surface area contributed by atoms with Crippen LogP contribution in [0.25, 0.3) is 0 Å². The van der Waals surface area contributed by atoms with Gasteiger partial charge in [0.1, 0.15) is 23.6 Å². The Morgan fingerprint density at radius 3 is 2.24 bits per heavy atom. The second-order valence-electron chi connectivity index (χ2n) is 8.80. The molecule has 1 aliphatic rings. The van der Waals surface area contributed by atoms with Crippen molar-refractivity contribution in [1.82, 2.24) is 0 Å². The predicted molar refractivity (Wildman–Crippen MR) is 135 cm³/mol. The molecule has 0 bridgehead atoms. The van der Waals surface area contributed by atoms with Gasteiger partial charge >= 0.3 is 0 Å². The quantitative estimate of drug-likeness (QED) is 0.330. The molecule has 0 fully saturated rings. The maximum atomic E-state index is 12.8. The van der Waals surface area contributed by atoms with Crippen molar-refractivity contribution in [2.45, 2.75) is 91.6 Å². The fourth-order valence-corrected chi connectivity index (χ4v) is 3.76. The summed E-state index contributed by atoms with van der Waals surface area (Å²) < 4.78 is 17.3. The van der Waals surface area contributed by atoms with Crippen LogP contribution in [0.4, 0.5) is 0 Å². The first-order chi connectivity index (χ1) is 16.0. The van der Waals surface area contributed by atoms with Gasteiger partial charge in [-0.1, -0.05) is 52.2 Å². The zero-order valence-corrected chi connectivity index (χ0v) is 21.1. The number of carbonyl (C=O) groups excluding carboxylic acids is 1. The van der Waals surface area contributed by atoms with Crippen molar-refractivity contribution in [2.75, 3.05) is 19.8 Å². The molecule has 0 spiro atoms. The van der Waals surface area contributed by atoms with E-state index < -0.39 is 6.04 Å². The molecule has 2 rings (SSSR count). The number of ketones is 1. The summed E-state index contributed by atoms with van der Waals surface area (Å²) >= 11 is 0. The highest BCUT2D eigenvalue weighted by Crippen LogP contribution is 2.21. The minimum atomic E-state index is -0.405. The number of hydrogen-bond donors (Lipinski definition) is 0. The van der Waals surface area contributed by atoms with E-state index >= 15 is 0 Å². The Morgan fingerprint density at radius 2 is 1.61 bits per heavy atom. The summed E-state index contributed by atoms with van der Waals surface area (Å²) in [6.45, 7) is 12.0. The molecule has 184 valence electrons.